The Labute approximate surface area is 186 Å². The number of fused-ring (bicyclic) bond motifs is 2. The maximum Gasteiger partial charge on any atom is 0.254 e. The van der Waals surface area contributed by atoms with Gasteiger partial charge in [-0.1, -0.05) is 49.2 Å². The molecular weight excluding hydrogens is 400 g/mol. The first kappa shape index (κ1) is 19.2. The van der Waals surface area contributed by atoms with Crippen LogP contribution in [0.25, 0.3) is 10.9 Å². The molecule has 2 aliphatic rings. The first-order valence-electron chi connectivity index (χ1n) is 11.5. The largest absolute Gasteiger partial charge is 0.357 e. The molecule has 7 nitrogen and oxygen atoms in total. The Morgan fingerprint density at radius 1 is 1.09 bits per heavy atom. The van der Waals surface area contributed by atoms with Crippen molar-refractivity contribution in [1.82, 2.24) is 25.2 Å². The van der Waals surface area contributed by atoms with Gasteiger partial charge in [-0.15, -0.1) is 5.10 Å². The van der Waals surface area contributed by atoms with Crippen LogP contribution < -0.4 is 10.5 Å². The van der Waals surface area contributed by atoms with Gasteiger partial charge in [0.1, 0.15) is 6.04 Å². The molecule has 162 valence electrons. The van der Waals surface area contributed by atoms with Crippen LogP contribution in [0.1, 0.15) is 60.3 Å². The molecule has 2 aromatic carbocycles. The molecule has 3 heterocycles. The maximum atomic E-state index is 13.5. The summed E-state index contributed by atoms with van der Waals surface area (Å²) in [6.07, 6.45) is 5.49. The molecule has 1 unspecified atom stereocenters. The fourth-order valence-electron chi connectivity index (χ4n) is 5.47. The van der Waals surface area contributed by atoms with Crippen molar-refractivity contribution in [2.45, 2.75) is 51.1 Å². The zero-order valence-corrected chi connectivity index (χ0v) is 18.2. The second kappa shape index (κ2) is 7.58. The van der Waals surface area contributed by atoms with Gasteiger partial charge in [-0.3, -0.25) is 4.79 Å². The van der Waals surface area contributed by atoms with Crippen molar-refractivity contribution in [2.24, 2.45) is 0 Å². The maximum absolute atomic E-state index is 13.5. The number of pyridine rings is 1. The first-order chi connectivity index (χ1) is 15.7. The topological polar surface area (TPSA) is 79.7 Å². The lowest BCUT2D eigenvalue weighted by Gasteiger charge is -2.30. The lowest BCUT2D eigenvalue weighted by Crippen LogP contribution is -2.34. The third-order valence-corrected chi connectivity index (χ3v) is 7.08. The fraction of sp³-hybridized carbons (Fsp3) is 0.360. The van der Waals surface area contributed by atoms with Crippen LogP contribution in [0.5, 0.6) is 0 Å². The third kappa shape index (κ3) is 3.03. The van der Waals surface area contributed by atoms with E-state index in [2.05, 4.69) is 55.7 Å². The number of anilines is 1. The van der Waals surface area contributed by atoms with Gasteiger partial charge < -0.3 is 9.88 Å². The Morgan fingerprint density at radius 2 is 1.94 bits per heavy atom. The summed E-state index contributed by atoms with van der Waals surface area (Å²) in [5, 5.41) is 14.0. The number of benzene rings is 2. The number of hydrogen-bond donors (Lipinski definition) is 1. The number of aromatic amines is 1. The Hall–Kier alpha value is -3.48. The molecular formula is C25H26N6O. The van der Waals surface area contributed by atoms with Gasteiger partial charge in [0.15, 0.2) is 5.82 Å². The number of aryl methyl sites for hydroxylation is 1. The van der Waals surface area contributed by atoms with E-state index in [9.17, 15) is 4.79 Å². The van der Waals surface area contributed by atoms with Crippen LogP contribution in [-0.2, 0) is 6.42 Å². The van der Waals surface area contributed by atoms with E-state index in [0.29, 0.717) is 11.6 Å². The van der Waals surface area contributed by atoms with Crippen molar-refractivity contribution >= 4 is 16.6 Å². The van der Waals surface area contributed by atoms with Crippen molar-refractivity contribution in [1.29, 1.82) is 0 Å². The van der Waals surface area contributed by atoms with Gasteiger partial charge >= 0.3 is 0 Å². The minimum atomic E-state index is -0.345. The van der Waals surface area contributed by atoms with E-state index in [1.54, 1.807) is 0 Å². The molecule has 1 atom stereocenters. The molecule has 1 aliphatic carbocycles. The quantitative estimate of drug-likeness (QED) is 0.532. The number of rotatable bonds is 4. The van der Waals surface area contributed by atoms with Crippen LogP contribution in [0.3, 0.4) is 0 Å². The molecule has 1 saturated carbocycles. The zero-order chi connectivity index (χ0) is 21.7. The number of H-pyrrole nitrogens is 1. The van der Waals surface area contributed by atoms with Crippen molar-refractivity contribution in [3.05, 3.63) is 81.4 Å². The Kier molecular flexibility index (Phi) is 4.56. The van der Waals surface area contributed by atoms with E-state index < -0.39 is 0 Å². The van der Waals surface area contributed by atoms with E-state index in [0.717, 1.165) is 53.8 Å². The summed E-state index contributed by atoms with van der Waals surface area (Å²) in [6.45, 7) is 2.85. The SMILES string of the molecule is Cc1cccc2cc(C(c3nnnn3C3CCCC3)N3CCc4ccccc43)c(=O)[nH]c12. The molecule has 1 N–H and O–H groups in total. The average Bonchev–Trinajstić information content (AvgIpc) is 3.56. The summed E-state index contributed by atoms with van der Waals surface area (Å²) in [6, 6.07) is 16.5. The van der Waals surface area contributed by atoms with Crippen LogP contribution in [-0.4, -0.2) is 31.7 Å². The minimum absolute atomic E-state index is 0.0813. The predicted molar refractivity (Wildman–Crippen MR) is 124 cm³/mol. The molecule has 4 aromatic rings. The molecule has 1 fully saturated rings. The lowest BCUT2D eigenvalue weighted by atomic mass is 10.0. The second-order valence-corrected chi connectivity index (χ2v) is 8.99. The normalized spacial score (nSPS) is 17.2. The monoisotopic (exact) mass is 426 g/mol. The van der Waals surface area contributed by atoms with Gasteiger partial charge in [0.05, 0.1) is 11.6 Å². The van der Waals surface area contributed by atoms with Gasteiger partial charge in [-0.25, -0.2) is 4.68 Å². The van der Waals surface area contributed by atoms with Gasteiger partial charge in [0.2, 0.25) is 0 Å². The van der Waals surface area contributed by atoms with E-state index in [1.165, 1.54) is 18.4 Å². The molecule has 0 bridgehead atoms. The molecule has 0 spiro atoms. The summed E-state index contributed by atoms with van der Waals surface area (Å²) in [5.74, 6) is 0.756. The van der Waals surface area contributed by atoms with E-state index >= 15 is 0 Å². The van der Waals surface area contributed by atoms with Crippen LogP contribution in [0, 0.1) is 6.92 Å². The highest BCUT2D eigenvalue weighted by molar-refractivity contribution is 5.82. The summed E-state index contributed by atoms with van der Waals surface area (Å²) < 4.78 is 1.98. The highest BCUT2D eigenvalue weighted by atomic mass is 16.1. The predicted octanol–water partition coefficient (Wildman–Crippen LogP) is 4.09. The van der Waals surface area contributed by atoms with Crippen LogP contribution in [0.4, 0.5) is 5.69 Å². The Bertz CT molecular complexity index is 1350. The number of hydrogen-bond acceptors (Lipinski definition) is 5. The van der Waals surface area contributed by atoms with Crippen LogP contribution in [0.2, 0.25) is 0 Å². The van der Waals surface area contributed by atoms with E-state index in [1.807, 2.05) is 29.8 Å². The highest BCUT2D eigenvalue weighted by Gasteiger charge is 2.36. The molecule has 2 aromatic heterocycles. The van der Waals surface area contributed by atoms with Gasteiger partial charge in [-0.2, -0.15) is 0 Å². The summed E-state index contributed by atoms with van der Waals surface area (Å²) >= 11 is 0. The van der Waals surface area contributed by atoms with Gasteiger partial charge in [0, 0.05) is 17.8 Å². The minimum Gasteiger partial charge on any atom is -0.357 e. The van der Waals surface area contributed by atoms with Crippen LogP contribution in [0.15, 0.2) is 53.3 Å². The summed E-state index contributed by atoms with van der Waals surface area (Å²) in [5.41, 5.74) is 5.01. The van der Waals surface area contributed by atoms with E-state index in [-0.39, 0.29) is 11.6 Å². The molecule has 1 aliphatic heterocycles. The summed E-state index contributed by atoms with van der Waals surface area (Å²) in [7, 11) is 0. The molecule has 0 radical (unpaired) electrons. The van der Waals surface area contributed by atoms with Crippen molar-refractivity contribution in [3.8, 4) is 0 Å². The molecule has 6 rings (SSSR count). The average molecular weight is 427 g/mol. The first-order valence-corrected chi connectivity index (χ1v) is 11.5. The molecule has 0 saturated heterocycles. The second-order valence-electron chi connectivity index (χ2n) is 8.99. The van der Waals surface area contributed by atoms with Gasteiger partial charge in [0.25, 0.3) is 5.56 Å². The number of aromatic nitrogens is 5. The number of nitrogens with one attached hydrogen (secondary N) is 1. The Balaban J connectivity index is 1.57. The van der Waals surface area contributed by atoms with Crippen LogP contribution >= 0.6 is 0 Å². The smallest absolute Gasteiger partial charge is 0.254 e. The van der Waals surface area contributed by atoms with E-state index in [4.69, 9.17) is 0 Å². The molecule has 0 amide bonds. The number of tetrazole rings is 1. The number of para-hydroxylation sites is 2. The van der Waals surface area contributed by atoms with Crippen molar-refractivity contribution in [3.63, 3.8) is 0 Å². The molecule has 7 heteroatoms. The molecule has 32 heavy (non-hydrogen) atoms. The lowest BCUT2D eigenvalue weighted by molar-refractivity contribution is 0.428. The van der Waals surface area contributed by atoms with Crippen molar-refractivity contribution < 1.29 is 0 Å². The highest BCUT2D eigenvalue weighted by Crippen LogP contribution is 2.39. The standard InChI is InChI=1S/C25H26N6O/c1-16-7-6-9-18-15-20(25(32)26-22(16)18)23(30-14-13-17-8-2-5-12-21(17)30)24-27-28-29-31(24)19-10-3-4-11-19/h2,5-9,12,15,19,23H,3-4,10-11,13-14H2,1H3,(H,26,32). The van der Waals surface area contributed by atoms with Crippen molar-refractivity contribution in [2.75, 3.05) is 11.4 Å². The Morgan fingerprint density at radius 3 is 2.81 bits per heavy atom. The summed E-state index contributed by atoms with van der Waals surface area (Å²) in [4.78, 5) is 18.9. The van der Waals surface area contributed by atoms with Gasteiger partial charge in [-0.05, 0) is 65.3 Å². The fourth-order valence-corrected chi connectivity index (χ4v) is 5.47. The third-order valence-electron chi connectivity index (χ3n) is 7.08. The number of nitrogens with zero attached hydrogens (tertiary/aromatic N) is 5. The zero-order valence-electron chi connectivity index (χ0n) is 18.2.